The number of ether oxygens (including phenoxy) is 1. The fourth-order valence-electron chi connectivity index (χ4n) is 1.70. The molecule has 1 aliphatic rings. The number of carbonyl (C=O) groups is 1. The maximum absolute atomic E-state index is 11.1. The Labute approximate surface area is 84.6 Å². The second-order valence-corrected chi connectivity index (χ2v) is 4.42. The molecule has 0 amide bonds. The van der Waals surface area contributed by atoms with Crippen molar-refractivity contribution in [3.05, 3.63) is 0 Å². The number of esters is 1. The minimum Gasteiger partial charge on any atom is -0.467 e. The second-order valence-electron chi connectivity index (χ2n) is 4.42. The van der Waals surface area contributed by atoms with E-state index >= 15 is 0 Å². The average Bonchev–Trinajstić information content (AvgIpc) is 2.09. The van der Waals surface area contributed by atoms with Crippen molar-refractivity contribution in [2.45, 2.75) is 38.3 Å². The maximum atomic E-state index is 11.1. The molecule has 14 heavy (non-hydrogen) atoms. The quantitative estimate of drug-likeness (QED) is 0.642. The van der Waals surface area contributed by atoms with E-state index in [1.807, 2.05) is 0 Å². The van der Waals surface area contributed by atoms with Crippen LogP contribution in [0.15, 0.2) is 0 Å². The van der Waals surface area contributed by atoms with Crippen LogP contribution in [-0.4, -0.2) is 36.4 Å². The van der Waals surface area contributed by atoms with E-state index in [0.29, 0.717) is 6.04 Å². The van der Waals surface area contributed by atoms with Crippen LogP contribution in [0.4, 0.5) is 0 Å². The third kappa shape index (κ3) is 2.69. The largest absolute Gasteiger partial charge is 0.467 e. The molecule has 0 bridgehead atoms. The van der Waals surface area contributed by atoms with Crippen LogP contribution in [-0.2, 0) is 9.53 Å². The fraction of sp³-hybridized carbons (Fsp3) is 0.900. The van der Waals surface area contributed by atoms with Gasteiger partial charge in [-0.15, -0.1) is 0 Å². The first-order valence-corrected chi connectivity index (χ1v) is 5.00. The number of hydrogen-bond acceptors (Lipinski definition) is 4. The zero-order chi connectivity index (χ0) is 10.8. The minimum atomic E-state index is -1.41. The van der Waals surface area contributed by atoms with Gasteiger partial charge >= 0.3 is 5.97 Å². The van der Waals surface area contributed by atoms with Crippen LogP contribution in [0, 0.1) is 5.92 Å². The van der Waals surface area contributed by atoms with Crippen LogP contribution in [0.1, 0.15) is 26.7 Å². The van der Waals surface area contributed by atoms with Crippen LogP contribution in [0.5, 0.6) is 0 Å². The molecule has 0 aromatic heterocycles. The van der Waals surface area contributed by atoms with Crippen molar-refractivity contribution in [3.8, 4) is 0 Å². The summed E-state index contributed by atoms with van der Waals surface area (Å²) in [6.07, 6.45) is 2.24. The van der Waals surface area contributed by atoms with Gasteiger partial charge in [0.25, 0.3) is 0 Å². The number of aliphatic hydroxyl groups is 1. The molecule has 1 saturated carbocycles. The first kappa shape index (κ1) is 11.5. The van der Waals surface area contributed by atoms with Crippen LogP contribution in [0.25, 0.3) is 0 Å². The molecule has 4 nitrogen and oxygen atoms in total. The highest BCUT2D eigenvalue weighted by molar-refractivity contribution is 5.78. The molecule has 1 aliphatic carbocycles. The molecule has 1 atom stereocenters. The lowest BCUT2D eigenvalue weighted by Gasteiger charge is -2.35. The number of methoxy groups -OCH3 is 1. The van der Waals surface area contributed by atoms with Gasteiger partial charge in [0, 0.05) is 12.6 Å². The van der Waals surface area contributed by atoms with Gasteiger partial charge in [0.15, 0.2) is 5.60 Å². The predicted octanol–water partition coefficient (Wildman–Crippen LogP) is 0.298. The summed E-state index contributed by atoms with van der Waals surface area (Å²) < 4.78 is 4.49. The lowest BCUT2D eigenvalue weighted by atomic mass is 9.81. The van der Waals surface area contributed by atoms with Gasteiger partial charge in [-0.1, -0.05) is 6.92 Å². The number of carbonyl (C=O) groups excluding carboxylic acids is 1. The minimum absolute atomic E-state index is 0.261. The Kier molecular flexibility index (Phi) is 3.50. The topological polar surface area (TPSA) is 58.6 Å². The third-order valence-corrected chi connectivity index (χ3v) is 2.73. The standard InChI is InChI=1S/C10H19NO3/c1-7-4-8(5-7)11-6-10(2,13)9(12)14-3/h7-8,11,13H,4-6H2,1-3H3. The molecule has 1 fully saturated rings. The first-order valence-electron chi connectivity index (χ1n) is 5.00. The van der Waals surface area contributed by atoms with Gasteiger partial charge in [-0.3, -0.25) is 0 Å². The Balaban J connectivity index is 2.26. The Morgan fingerprint density at radius 1 is 1.64 bits per heavy atom. The number of nitrogens with one attached hydrogen (secondary N) is 1. The first-order chi connectivity index (χ1) is 6.45. The van der Waals surface area contributed by atoms with Gasteiger partial charge < -0.3 is 15.2 Å². The Bertz CT molecular complexity index is 209. The van der Waals surface area contributed by atoms with Gasteiger partial charge in [-0.05, 0) is 25.7 Å². The summed E-state index contributed by atoms with van der Waals surface area (Å²) in [6, 6.07) is 0.445. The molecule has 0 radical (unpaired) electrons. The molecule has 0 aromatic carbocycles. The lowest BCUT2D eigenvalue weighted by molar-refractivity contribution is -0.160. The third-order valence-electron chi connectivity index (χ3n) is 2.73. The van der Waals surface area contributed by atoms with Gasteiger partial charge in [0.05, 0.1) is 7.11 Å². The van der Waals surface area contributed by atoms with Gasteiger partial charge in [0.1, 0.15) is 0 Å². The summed E-state index contributed by atoms with van der Waals surface area (Å²) in [5, 5.41) is 12.8. The average molecular weight is 201 g/mol. The van der Waals surface area contributed by atoms with Gasteiger partial charge in [0.2, 0.25) is 0 Å². The zero-order valence-corrected chi connectivity index (χ0v) is 9.04. The summed E-state index contributed by atoms with van der Waals surface area (Å²) in [5.74, 6) is 0.174. The van der Waals surface area contributed by atoms with E-state index in [9.17, 15) is 9.90 Å². The van der Waals surface area contributed by atoms with E-state index in [4.69, 9.17) is 0 Å². The van der Waals surface area contributed by atoms with Gasteiger partial charge in [-0.25, -0.2) is 4.79 Å². The molecule has 0 aliphatic heterocycles. The molecule has 1 rings (SSSR count). The Hall–Kier alpha value is -0.610. The van der Waals surface area contributed by atoms with Gasteiger partial charge in [-0.2, -0.15) is 0 Å². The van der Waals surface area contributed by atoms with E-state index in [0.717, 1.165) is 18.8 Å². The summed E-state index contributed by atoms with van der Waals surface area (Å²) in [7, 11) is 1.28. The van der Waals surface area contributed by atoms with E-state index < -0.39 is 11.6 Å². The number of rotatable bonds is 4. The van der Waals surface area contributed by atoms with Crippen LogP contribution in [0.2, 0.25) is 0 Å². The molecule has 0 saturated heterocycles. The van der Waals surface area contributed by atoms with Crippen molar-refractivity contribution < 1.29 is 14.6 Å². The van der Waals surface area contributed by atoms with E-state index in [2.05, 4.69) is 17.0 Å². The summed E-state index contributed by atoms with van der Waals surface area (Å²) in [4.78, 5) is 11.1. The molecule has 1 unspecified atom stereocenters. The number of hydrogen-bond donors (Lipinski definition) is 2. The van der Waals surface area contributed by atoms with Crippen molar-refractivity contribution in [1.29, 1.82) is 0 Å². The monoisotopic (exact) mass is 201 g/mol. The van der Waals surface area contributed by atoms with Crippen molar-refractivity contribution in [2.24, 2.45) is 5.92 Å². The van der Waals surface area contributed by atoms with Crippen molar-refractivity contribution in [2.75, 3.05) is 13.7 Å². The SMILES string of the molecule is COC(=O)C(C)(O)CNC1CC(C)C1. The normalized spacial score (nSPS) is 30.3. The second kappa shape index (κ2) is 4.28. The summed E-state index contributed by atoms with van der Waals surface area (Å²) in [6.45, 7) is 3.92. The highest BCUT2D eigenvalue weighted by Gasteiger charge is 2.33. The molecule has 0 aromatic rings. The lowest BCUT2D eigenvalue weighted by Crippen LogP contribution is -2.51. The summed E-state index contributed by atoms with van der Waals surface area (Å²) >= 11 is 0. The Morgan fingerprint density at radius 2 is 2.21 bits per heavy atom. The van der Waals surface area contributed by atoms with Crippen LogP contribution >= 0.6 is 0 Å². The molecule has 4 heteroatoms. The zero-order valence-electron chi connectivity index (χ0n) is 9.04. The highest BCUT2D eigenvalue weighted by Crippen LogP contribution is 2.26. The van der Waals surface area contributed by atoms with Crippen LogP contribution < -0.4 is 5.32 Å². The maximum Gasteiger partial charge on any atom is 0.338 e. The molecule has 0 heterocycles. The van der Waals surface area contributed by atoms with E-state index in [1.54, 1.807) is 0 Å². The molecule has 82 valence electrons. The smallest absolute Gasteiger partial charge is 0.338 e. The van der Waals surface area contributed by atoms with Crippen LogP contribution in [0.3, 0.4) is 0 Å². The van der Waals surface area contributed by atoms with Crippen molar-refractivity contribution >= 4 is 5.97 Å². The molecular weight excluding hydrogens is 182 g/mol. The Morgan fingerprint density at radius 3 is 2.64 bits per heavy atom. The van der Waals surface area contributed by atoms with E-state index in [1.165, 1.54) is 14.0 Å². The molecule has 0 spiro atoms. The fourth-order valence-corrected chi connectivity index (χ4v) is 1.70. The highest BCUT2D eigenvalue weighted by atomic mass is 16.5. The predicted molar refractivity (Wildman–Crippen MR) is 52.8 cm³/mol. The van der Waals surface area contributed by atoms with Crippen molar-refractivity contribution in [3.63, 3.8) is 0 Å². The molecule has 2 N–H and O–H groups in total. The van der Waals surface area contributed by atoms with Crippen molar-refractivity contribution in [1.82, 2.24) is 5.32 Å². The molecular formula is C10H19NO3. The van der Waals surface area contributed by atoms with E-state index in [-0.39, 0.29) is 6.54 Å². The summed E-state index contributed by atoms with van der Waals surface area (Å²) in [5.41, 5.74) is -1.41.